The highest BCUT2D eigenvalue weighted by atomic mass is 19.1. The van der Waals surface area contributed by atoms with Crippen LogP contribution in [-0.4, -0.2) is 17.8 Å². The van der Waals surface area contributed by atoms with Crippen molar-refractivity contribution < 1.29 is 9.50 Å². The van der Waals surface area contributed by atoms with Gasteiger partial charge in [0.25, 0.3) is 0 Å². The van der Waals surface area contributed by atoms with Gasteiger partial charge in [-0.3, -0.25) is 0 Å². The van der Waals surface area contributed by atoms with E-state index >= 15 is 0 Å². The van der Waals surface area contributed by atoms with Crippen molar-refractivity contribution in [2.24, 2.45) is 11.7 Å². The minimum absolute atomic E-state index is 0.176. The van der Waals surface area contributed by atoms with Crippen molar-refractivity contribution in [1.29, 1.82) is 0 Å². The monoisotopic (exact) mass is 239 g/mol. The molecule has 2 nitrogen and oxygen atoms in total. The zero-order chi connectivity index (χ0) is 12.8. The van der Waals surface area contributed by atoms with E-state index in [2.05, 4.69) is 13.8 Å². The lowest BCUT2D eigenvalue weighted by Gasteiger charge is -2.22. The number of aliphatic hydroxyl groups excluding tert-OH is 1. The summed E-state index contributed by atoms with van der Waals surface area (Å²) >= 11 is 0. The number of rotatable bonds is 6. The topological polar surface area (TPSA) is 46.2 Å². The van der Waals surface area contributed by atoms with E-state index in [9.17, 15) is 9.50 Å². The van der Waals surface area contributed by atoms with Crippen molar-refractivity contribution >= 4 is 0 Å². The number of hydrogen-bond donors (Lipinski definition) is 2. The molecule has 1 aromatic carbocycles. The SMILES string of the molecule is CC(C)CCC(O)C(CN)c1cccc(F)c1. The third-order valence-corrected chi connectivity index (χ3v) is 3.04. The van der Waals surface area contributed by atoms with Gasteiger partial charge in [0.05, 0.1) is 6.10 Å². The van der Waals surface area contributed by atoms with Gasteiger partial charge in [-0.25, -0.2) is 4.39 Å². The van der Waals surface area contributed by atoms with Crippen LogP contribution >= 0.6 is 0 Å². The Morgan fingerprint density at radius 1 is 1.29 bits per heavy atom. The second kappa shape index (κ2) is 6.72. The van der Waals surface area contributed by atoms with Crippen molar-refractivity contribution in [1.82, 2.24) is 0 Å². The average Bonchev–Trinajstić information content (AvgIpc) is 2.27. The largest absolute Gasteiger partial charge is 0.392 e. The Morgan fingerprint density at radius 3 is 2.53 bits per heavy atom. The molecular formula is C14H22FNO. The standard InChI is InChI=1S/C14H22FNO/c1-10(2)6-7-14(17)13(9-16)11-4-3-5-12(15)8-11/h3-5,8,10,13-14,17H,6-7,9,16H2,1-2H3. The van der Waals surface area contributed by atoms with Crippen molar-refractivity contribution in [3.05, 3.63) is 35.6 Å². The highest BCUT2D eigenvalue weighted by molar-refractivity contribution is 5.22. The third-order valence-electron chi connectivity index (χ3n) is 3.04. The Balaban J connectivity index is 2.70. The van der Waals surface area contributed by atoms with E-state index in [-0.39, 0.29) is 11.7 Å². The fourth-order valence-corrected chi connectivity index (χ4v) is 1.96. The molecule has 0 radical (unpaired) electrons. The lowest BCUT2D eigenvalue weighted by molar-refractivity contribution is 0.128. The highest BCUT2D eigenvalue weighted by Crippen LogP contribution is 2.23. The summed E-state index contributed by atoms with van der Waals surface area (Å²) in [6.45, 7) is 4.57. The molecule has 0 heterocycles. The molecule has 1 aromatic rings. The normalized spacial score (nSPS) is 14.9. The summed E-state index contributed by atoms with van der Waals surface area (Å²) in [6, 6.07) is 6.33. The second-order valence-electron chi connectivity index (χ2n) is 4.94. The van der Waals surface area contributed by atoms with Gasteiger partial charge in [0.2, 0.25) is 0 Å². The highest BCUT2D eigenvalue weighted by Gasteiger charge is 2.20. The lowest BCUT2D eigenvalue weighted by atomic mass is 9.89. The summed E-state index contributed by atoms with van der Waals surface area (Å²) in [7, 11) is 0. The molecule has 0 bridgehead atoms. The first-order valence-corrected chi connectivity index (χ1v) is 6.18. The van der Waals surface area contributed by atoms with E-state index in [4.69, 9.17) is 5.73 Å². The van der Waals surface area contributed by atoms with Crippen molar-refractivity contribution in [2.75, 3.05) is 6.54 Å². The Kier molecular flexibility index (Phi) is 5.59. The molecule has 3 heteroatoms. The van der Waals surface area contributed by atoms with Crippen molar-refractivity contribution in [3.8, 4) is 0 Å². The molecule has 0 amide bonds. The summed E-state index contributed by atoms with van der Waals surface area (Å²) in [6.07, 6.45) is 1.16. The van der Waals surface area contributed by atoms with Gasteiger partial charge in [0, 0.05) is 12.5 Å². The molecule has 96 valence electrons. The lowest BCUT2D eigenvalue weighted by Crippen LogP contribution is -2.26. The molecule has 0 fully saturated rings. The van der Waals surface area contributed by atoms with Gasteiger partial charge in [0.15, 0.2) is 0 Å². The summed E-state index contributed by atoms with van der Waals surface area (Å²) in [5, 5.41) is 10.1. The first kappa shape index (κ1) is 14.1. The van der Waals surface area contributed by atoms with Crippen LogP contribution in [0.15, 0.2) is 24.3 Å². The maximum atomic E-state index is 13.1. The summed E-state index contributed by atoms with van der Waals surface area (Å²) in [4.78, 5) is 0. The molecule has 0 spiro atoms. The Labute approximate surface area is 103 Å². The molecular weight excluding hydrogens is 217 g/mol. The fraction of sp³-hybridized carbons (Fsp3) is 0.571. The number of benzene rings is 1. The van der Waals surface area contributed by atoms with Crippen molar-refractivity contribution in [2.45, 2.75) is 38.7 Å². The van der Waals surface area contributed by atoms with E-state index < -0.39 is 6.10 Å². The summed E-state index contributed by atoms with van der Waals surface area (Å²) < 4.78 is 13.1. The van der Waals surface area contributed by atoms with Gasteiger partial charge in [-0.2, -0.15) is 0 Å². The van der Waals surface area contributed by atoms with Crippen LogP contribution in [0.3, 0.4) is 0 Å². The van der Waals surface area contributed by atoms with Crippen molar-refractivity contribution in [3.63, 3.8) is 0 Å². The predicted octanol–water partition coefficient (Wildman–Crippen LogP) is 2.67. The molecule has 0 aliphatic heterocycles. The van der Waals surface area contributed by atoms with Crippen LogP contribution < -0.4 is 5.73 Å². The van der Waals surface area contributed by atoms with Gasteiger partial charge in [-0.15, -0.1) is 0 Å². The third kappa shape index (κ3) is 4.44. The van der Waals surface area contributed by atoms with Crippen LogP contribution in [0.2, 0.25) is 0 Å². The van der Waals surface area contributed by atoms with E-state index in [1.165, 1.54) is 12.1 Å². The first-order chi connectivity index (χ1) is 8.04. The molecule has 17 heavy (non-hydrogen) atoms. The first-order valence-electron chi connectivity index (χ1n) is 6.18. The fourth-order valence-electron chi connectivity index (χ4n) is 1.96. The predicted molar refractivity (Wildman–Crippen MR) is 68.3 cm³/mol. The quantitative estimate of drug-likeness (QED) is 0.801. The van der Waals surface area contributed by atoms with Crippen LogP contribution in [0.25, 0.3) is 0 Å². The molecule has 2 unspecified atom stereocenters. The molecule has 0 aromatic heterocycles. The Hall–Kier alpha value is -0.930. The van der Waals surface area contributed by atoms with Crippen LogP contribution in [0.5, 0.6) is 0 Å². The number of nitrogens with two attached hydrogens (primary N) is 1. The van der Waals surface area contributed by atoms with E-state index in [1.54, 1.807) is 6.07 Å². The Morgan fingerprint density at radius 2 is 2.00 bits per heavy atom. The minimum Gasteiger partial charge on any atom is -0.392 e. The maximum absolute atomic E-state index is 13.1. The summed E-state index contributed by atoms with van der Waals surface area (Å²) in [5.41, 5.74) is 6.46. The zero-order valence-corrected chi connectivity index (χ0v) is 10.6. The van der Waals surface area contributed by atoms with Gasteiger partial charge in [0.1, 0.15) is 5.82 Å². The van der Waals surface area contributed by atoms with E-state index in [0.717, 1.165) is 12.0 Å². The Bertz CT molecular complexity index is 341. The maximum Gasteiger partial charge on any atom is 0.123 e. The van der Waals surface area contributed by atoms with Gasteiger partial charge >= 0.3 is 0 Å². The van der Waals surface area contributed by atoms with Crippen LogP contribution in [-0.2, 0) is 0 Å². The molecule has 0 saturated carbocycles. The number of halogens is 1. The minimum atomic E-state index is -0.496. The van der Waals surface area contributed by atoms with Gasteiger partial charge in [-0.05, 0) is 36.5 Å². The van der Waals surface area contributed by atoms with E-state index in [1.807, 2.05) is 6.07 Å². The molecule has 0 aliphatic carbocycles. The van der Waals surface area contributed by atoms with E-state index in [0.29, 0.717) is 18.9 Å². The number of aliphatic hydroxyl groups is 1. The van der Waals surface area contributed by atoms with Crippen LogP contribution in [0, 0.1) is 11.7 Å². The molecule has 0 saturated heterocycles. The molecule has 1 rings (SSSR count). The zero-order valence-electron chi connectivity index (χ0n) is 10.6. The second-order valence-corrected chi connectivity index (χ2v) is 4.94. The summed E-state index contributed by atoms with van der Waals surface area (Å²) in [5.74, 6) is 0.0945. The molecule has 0 aliphatic rings. The van der Waals surface area contributed by atoms with Gasteiger partial charge < -0.3 is 10.8 Å². The van der Waals surface area contributed by atoms with Gasteiger partial charge in [-0.1, -0.05) is 26.0 Å². The average molecular weight is 239 g/mol. The number of hydrogen-bond acceptors (Lipinski definition) is 2. The van der Waals surface area contributed by atoms with Crippen LogP contribution in [0.4, 0.5) is 4.39 Å². The van der Waals surface area contributed by atoms with Crippen LogP contribution in [0.1, 0.15) is 38.2 Å². The molecule has 3 N–H and O–H groups in total. The molecule has 2 atom stereocenters. The smallest absolute Gasteiger partial charge is 0.123 e.